The minimum Gasteiger partial charge on any atom is -0.475 e. The van der Waals surface area contributed by atoms with E-state index in [-0.39, 0.29) is 11.6 Å². The van der Waals surface area contributed by atoms with Gasteiger partial charge in [-0.15, -0.1) is 0 Å². The van der Waals surface area contributed by atoms with Crippen LogP contribution in [0, 0.1) is 9.39 Å². The quantitative estimate of drug-likeness (QED) is 0.618. The Bertz CT molecular complexity index is 884. The van der Waals surface area contributed by atoms with Crippen LogP contribution in [0.25, 0.3) is 11.5 Å². The molecule has 0 aliphatic rings. The van der Waals surface area contributed by atoms with Crippen molar-refractivity contribution in [3.8, 4) is 11.5 Å². The van der Waals surface area contributed by atoms with Gasteiger partial charge in [-0.3, -0.25) is 4.98 Å². The monoisotopic (exact) mass is 426 g/mol. The Kier molecular flexibility index (Phi) is 4.19. The predicted molar refractivity (Wildman–Crippen MR) is 86.9 cm³/mol. The lowest BCUT2D eigenvalue weighted by molar-refractivity contribution is 0.0680. The van der Waals surface area contributed by atoms with Gasteiger partial charge in [0, 0.05) is 9.77 Å². The van der Waals surface area contributed by atoms with E-state index in [1.165, 1.54) is 18.5 Å². The Balaban J connectivity index is 1.98. The van der Waals surface area contributed by atoms with Crippen molar-refractivity contribution in [2.75, 3.05) is 5.32 Å². The van der Waals surface area contributed by atoms with Crippen molar-refractivity contribution in [3.63, 3.8) is 0 Å². The van der Waals surface area contributed by atoms with Gasteiger partial charge in [0.05, 0.1) is 23.1 Å². The van der Waals surface area contributed by atoms with Crippen LogP contribution in [0.3, 0.4) is 0 Å². The smallest absolute Gasteiger partial charge is 0.377 e. The summed E-state index contributed by atoms with van der Waals surface area (Å²) in [7, 11) is 0. The van der Waals surface area contributed by atoms with Gasteiger partial charge in [0.25, 0.3) is 11.7 Å². The second-order valence-corrected chi connectivity index (χ2v) is 5.64. The average molecular weight is 426 g/mol. The normalized spacial score (nSPS) is 10.5. The summed E-state index contributed by atoms with van der Waals surface area (Å²) < 4.78 is 19.7. The molecule has 0 bridgehead atoms. The molecule has 0 unspecified atom stereocenters. The van der Waals surface area contributed by atoms with E-state index < -0.39 is 17.6 Å². The van der Waals surface area contributed by atoms with Crippen LogP contribution >= 0.6 is 22.6 Å². The fourth-order valence-corrected chi connectivity index (χ4v) is 2.29. The number of pyridine rings is 1. The summed E-state index contributed by atoms with van der Waals surface area (Å²) in [6.45, 7) is 0. The molecular weight excluding hydrogens is 418 g/mol. The van der Waals surface area contributed by atoms with Gasteiger partial charge in [0.2, 0.25) is 0 Å². The first kappa shape index (κ1) is 15.3. The highest BCUT2D eigenvalue weighted by Gasteiger charge is 2.17. The topological polar surface area (TPSA) is 101 Å². The maximum Gasteiger partial charge on any atom is 0.377 e. The van der Waals surface area contributed by atoms with Gasteiger partial charge in [0.15, 0.2) is 0 Å². The number of hydrogen-bond donors (Lipinski definition) is 2. The molecule has 0 saturated carbocycles. The molecule has 23 heavy (non-hydrogen) atoms. The van der Waals surface area contributed by atoms with Crippen molar-refractivity contribution >= 4 is 39.9 Å². The largest absolute Gasteiger partial charge is 0.475 e. The SMILES string of the molecule is O=C(O)c1noc(-c2ccncc2Nc2ccc(I)cc2F)n1. The first-order valence-electron chi connectivity index (χ1n) is 6.28. The van der Waals surface area contributed by atoms with Crippen LogP contribution in [0.1, 0.15) is 10.6 Å². The number of rotatable bonds is 4. The van der Waals surface area contributed by atoms with Crippen LogP contribution in [0.15, 0.2) is 41.2 Å². The molecule has 0 spiro atoms. The number of carboxylic acid groups (broad SMARTS) is 1. The number of carboxylic acids is 1. The lowest BCUT2D eigenvalue weighted by Gasteiger charge is -2.10. The second-order valence-electron chi connectivity index (χ2n) is 4.40. The maximum absolute atomic E-state index is 14.0. The number of aromatic carboxylic acids is 1. The van der Waals surface area contributed by atoms with Crippen molar-refractivity contribution in [1.29, 1.82) is 0 Å². The number of nitrogens with one attached hydrogen (secondary N) is 1. The molecule has 0 saturated heterocycles. The van der Waals surface area contributed by atoms with E-state index in [4.69, 9.17) is 9.63 Å². The number of hydrogen-bond acceptors (Lipinski definition) is 6. The van der Waals surface area contributed by atoms with Gasteiger partial charge in [0.1, 0.15) is 5.82 Å². The molecular formula is C14H8FIN4O3. The first-order valence-corrected chi connectivity index (χ1v) is 7.36. The Morgan fingerprint density at radius 3 is 2.83 bits per heavy atom. The number of halogens is 2. The van der Waals surface area contributed by atoms with Gasteiger partial charge in [-0.25, -0.2) is 9.18 Å². The van der Waals surface area contributed by atoms with Crippen LogP contribution < -0.4 is 5.32 Å². The van der Waals surface area contributed by atoms with Gasteiger partial charge in [-0.2, -0.15) is 4.98 Å². The van der Waals surface area contributed by atoms with E-state index in [2.05, 4.69) is 20.4 Å². The van der Waals surface area contributed by atoms with Gasteiger partial charge >= 0.3 is 5.97 Å². The Labute approximate surface area is 142 Å². The van der Waals surface area contributed by atoms with Gasteiger partial charge in [-0.05, 0) is 52.0 Å². The molecule has 116 valence electrons. The molecule has 2 heterocycles. The molecule has 0 radical (unpaired) electrons. The fourth-order valence-electron chi connectivity index (χ4n) is 1.84. The molecule has 3 rings (SSSR count). The molecule has 0 fully saturated rings. The van der Waals surface area contributed by atoms with Crippen molar-refractivity contribution in [2.45, 2.75) is 0 Å². The molecule has 0 aliphatic heterocycles. The van der Waals surface area contributed by atoms with E-state index in [1.54, 1.807) is 18.2 Å². The minimum absolute atomic E-state index is 0.00165. The van der Waals surface area contributed by atoms with Crippen molar-refractivity contribution < 1.29 is 18.8 Å². The van der Waals surface area contributed by atoms with E-state index in [0.29, 0.717) is 11.3 Å². The molecule has 0 aliphatic carbocycles. The number of carbonyl (C=O) groups is 1. The standard InChI is InChI=1S/C14H8FIN4O3/c15-9-5-7(16)1-2-10(9)18-11-6-17-4-3-8(11)13-19-12(14(21)22)20-23-13/h1-6,18H,(H,21,22). The van der Waals surface area contributed by atoms with Crippen LogP contribution in [-0.2, 0) is 0 Å². The summed E-state index contributed by atoms with van der Waals surface area (Å²) in [5, 5.41) is 15.1. The minimum atomic E-state index is -1.30. The lowest BCUT2D eigenvalue weighted by atomic mass is 10.2. The third-order valence-corrected chi connectivity index (χ3v) is 3.54. The van der Waals surface area contributed by atoms with E-state index in [1.807, 2.05) is 22.6 Å². The van der Waals surface area contributed by atoms with Crippen LogP contribution in [0.4, 0.5) is 15.8 Å². The summed E-state index contributed by atoms with van der Waals surface area (Å²) in [5.41, 5.74) is 1.07. The Morgan fingerprint density at radius 2 is 2.13 bits per heavy atom. The number of benzene rings is 1. The van der Waals surface area contributed by atoms with Crippen molar-refractivity contribution in [2.24, 2.45) is 0 Å². The number of nitrogens with zero attached hydrogens (tertiary/aromatic N) is 3. The highest BCUT2D eigenvalue weighted by atomic mass is 127. The zero-order valence-corrected chi connectivity index (χ0v) is 13.5. The number of aromatic nitrogens is 3. The highest BCUT2D eigenvalue weighted by molar-refractivity contribution is 14.1. The molecule has 7 nitrogen and oxygen atoms in total. The molecule has 1 aromatic carbocycles. The average Bonchev–Trinajstić information content (AvgIpc) is 3.00. The fraction of sp³-hybridized carbons (Fsp3) is 0. The predicted octanol–water partition coefficient (Wildman–Crippen LogP) is 3.32. The third-order valence-electron chi connectivity index (χ3n) is 2.87. The van der Waals surface area contributed by atoms with Gasteiger partial charge in [-0.1, -0.05) is 0 Å². The van der Waals surface area contributed by atoms with Crippen LogP contribution in [0.2, 0.25) is 0 Å². The summed E-state index contributed by atoms with van der Waals surface area (Å²) in [5.74, 6) is -2.18. The Morgan fingerprint density at radius 1 is 1.30 bits per heavy atom. The van der Waals surface area contributed by atoms with Crippen LogP contribution in [0.5, 0.6) is 0 Å². The zero-order valence-electron chi connectivity index (χ0n) is 11.3. The zero-order chi connectivity index (χ0) is 16.4. The van der Waals surface area contributed by atoms with Gasteiger partial charge < -0.3 is 14.9 Å². The molecule has 2 aromatic heterocycles. The summed E-state index contributed by atoms with van der Waals surface area (Å²) in [6, 6.07) is 6.28. The molecule has 2 N–H and O–H groups in total. The van der Waals surface area contributed by atoms with E-state index in [9.17, 15) is 9.18 Å². The first-order chi connectivity index (χ1) is 11.0. The molecule has 0 atom stereocenters. The molecule has 9 heteroatoms. The second kappa shape index (κ2) is 6.28. The lowest BCUT2D eigenvalue weighted by Crippen LogP contribution is -1.99. The summed E-state index contributed by atoms with van der Waals surface area (Å²) in [4.78, 5) is 18.6. The molecule has 0 amide bonds. The van der Waals surface area contributed by atoms with Crippen molar-refractivity contribution in [1.82, 2.24) is 15.1 Å². The summed E-state index contributed by atoms with van der Waals surface area (Å²) >= 11 is 2.01. The van der Waals surface area contributed by atoms with E-state index >= 15 is 0 Å². The maximum atomic E-state index is 14.0. The Hall–Kier alpha value is -2.56. The molecule has 3 aromatic rings. The van der Waals surface area contributed by atoms with Crippen LogP contribution in [-0.4, -0.2) is 26.2 Å². The van der Waals surface area contributed by atoms with E-state index in [0.717, 1.165) is 3.57 Å². The number of anilines is 2. The summed E-state index contributed by atoms with van der Waals surface area (Å²) in [6.07, 6.45) is 2.94. The third kappa shape index (κ3) is 3.28. The highest BCUT2D eigenvalue weighted by Crippen LogP contribution is 2.29. The van der Waals surface area contributed by atoms with Crippen molar-refractivity contribution in [3.05, 3.63) is 51.9 Å².